The van der Waals surface area contributed by atoms with Gasteiger partial charge in [0.05, 0.1) is 13.2 Å². The van der Waals surface area contributed by atoms with Crippen molar-refractivity contribution < 1.29 is 14.3 Å². The standard InChI is InChI=1S/C16H24N4O3/c1-2-20-13(6-7-17-20)15(21)19-10-11-23-14(12-19)16(22)18-8-4-3-5-9-18/h6-7,14H,2-5,8-12H2,1H3/t14-/m0/s1. The lowest BCUT2D eigenvalue weighted by Gasteiger charge is -2.36. The van der Waals surface area contributed by atoms with Crippen molar-refractivity contribution in [3.05, 3.63) is 18.0 Å². The lowest BCUT2D eigenvalue weighted by Crippen LogP contribution is -2.53. The molecule has 23 heavy (non-hydrogen) atoms. The van der Waals surface area contributed by atoms with Crippen LogP contribution in [0.3, 0.4) is 0 Å². The molecule has 2 amide bonds. The zero-order chi connectivity index (χ0) is 16.2. The smallest absolute Gasteiger partial charge is 0.272 e. The van der Waals surface area contributed by atoms with Crippen molar-refractivity contribution in [1.29, 1.82) is 0 Å². The normalized spacial score (nSPS) is 22.2. The number of aromatic nitrogens is 2. The van der Waals surface area contributed by atoms with E-state index in [1.807, 2.05) is 11.8 Å². The van der Waals surface area contributed by atoms with Gasteiger partial charge >= 0.3 is 0 Å². The molecule has 126 valence electrons. The molecule has 0 radical (unpaired) electrons. The molecular weight excluding hydrogens is 296 g/mol. The number of carbonyl (C=O) groups is 2. The fourth-order valence-corrected chi connectivity index (χ4v) is 3.23. The lowest BCUT2D eigenvalue weighted by atomic mass is 10.1. The van der Waals surface area contributed by atoms with Gasteiger partial charge in [0.25, 0.3) is 11.8 Å². The van der Waals surface area contributed by atoms with Crippen molar-refractivity contribution in [1.82, 2.24) is 19.6 Å². The molecule has 1 aromatic rings. The Morgan fingerprint density at radius 3 is 2.74 bits per heavy atom. The average Bonchev–Trinajstić information content (AvgIpc) is 3.10. The van der Waals surface area contributed by atoms with E-state index in [4.69, 9.17) is 4.74 Å². The number of aryl methyl sites for hydroxylation is 1. The number of hydrogen-bond donors (Lipinski definition) is 0. The molecule has 2 fully saturated rings. The molecule has 0 aliphatic carbocycles. The fourth-order valence-electron chi connectivity index (χ4n) is 3.23. The molecule has 0 aromatic carbocycles. The van der Waals surface area contributed by atoms with Gasteiger partial charge < -0.3 is 14.5 Å². The summed E-state index contributed by atoms with van der Waals surface area (Å²) in [6, 6.07) is 1.72. The predicted molar refractivity (Wildman–Crippen MR) is 84.0 cm³/mol. The van der Waals surface area contributed by atoms with Crippen LogP contribution in [-0.2, 0) is 16.1 Å². The molecule has 0 saturated carbocycles. The maximum atomic E-state index is 12.7. The van der Waals surface area contributed by atoms with Crippen molar-refractivity contribution in [3.8, 4) is 0 Å². The Morgan fingerprint density at radius 2 is 2.00 bits per heavy atom. The van der Waals surface area contributed by atoms with Crippen molar-refractivity contribution >= 4 is 11.8 Å². The molecule has 3 heterocycles. The highest BCUT2D eigenvalue weighted by Crippen LogP contribution is 2.16. The average molecular weight is 320 g/mol. The number of carbonyl (C=O) groups excluding carboxylic acids is 2. The lowest BCUT2D eigenvalue weighted by molar-refractivity contribution is -0.149. The summed E-state index contributed by atoms with van der Waals surface area (Å²) in [5, 5.41) is 4.14. The number of likely N-dealkylation sites (tertiary alicyclic amines) is 1. The summed E-state index contributed by atoms with van der Waals surface area (Å²) in [7, 11) is 0. The van der Waals surface area contributed by atoms with Gasteiger partial charge in [-0.05, 0) is 32.3 Å². The van der Waals surface area contributed by atoms with E-state index in [0.29, 0.717) is 31.9 Å². The minimum atomic E-state index is -0.538. The summed E-state index contributed by atoms with van der Waals surface area (Å²) in [4.78, 5) is 28.8. The maximum absolute atomic E-state index is 12.7. The second-order valence-corrected chi connectivity index (χ2v) is 6.03. The number of piperidine rings is 1. The number of hydrogen-bond acceptors (Lipinski definition) is 4. The topological polar surface area (TPSA) is 67.7 Å². The molecule has 2 aliphatic rings. The van der Waals surface area contributed by atoms with Crippen LogP contribution < -0.4 is 0 Å². The van der Waals surface area contributed by atoms with Crippen LogP contribution in [-0.4, -0.2) is 70.3 Å². The number of rotatable bonds is 3. The Bertz CT molecular complexity index is 565. The first-order chi connectivity index (χ1) is 11.2. The highest BCUT2D eigenvalue weighted by atomic mass is 16.5. The third kappa shape index (κ3) is 3.39. The monoisotopic (exact) mass is 320 g/mol. The molecule has 7 heteroatoms. The Labute approximate surface area is 136 Å². The maximum Gasteiger partial charge on any atom is 0.272 e. The van der Waals surface area contributed by atoms with Crippen LogP contribution in [0.25, 0.3) is 0 Å². The second kappa shape index (κ2) is 7.12. The zero-order valence-electron chi connectivity index (χ0n) is 13.6. The molecule has 2 aliphatic heterocycles. The van der Waals surface area contributed by atoms with Gasteiger partial charge in [-0.3, -0.25) is 14.3 Å². The van der Waals surface area contributed by atoms with Gasteiger partial charge in [0.15, 0.2) is 6.10 Å². The van der Waals surface area contributed by atoms with E-state index in [-0.39, 0.29) is 11.8 Å². The molecule has 0 bridgehead atoms. The first-order valence-electron chi connectivity index (χ1n) is 8.42. The number of amides is 2. The number of morpholine rings is 1. The predicted octanol–water partition coefficient (Wildman–Crippen LogP) is 0.756. The minimum absolute atomic E-state index is 0.0196. The minimum Gasteiger partial charge on any atom is -0.365 e. The van der Waals surface area contributed by atoms with Gasteiger partial charge in [-0.2, -0.15) is 5.10 Å². The third-order valence-electron chi connectivity index (χ3n) is 4.53. The first kappa shape index (κ1) is 16.0. The van der Waals surface area contributed by atoms with E-state index in [0.717, 1.165) is 25.9 Å². The molecule has 2 saturated heterocycles. The van der Waals surface area contributed by atoms with E-state index >= 15 is 0 Å². The van der Waals surface area contributed by atoms with Crippen LogP contribution in [0, 0.1) is 0 Å². The summed E-state index contributed by atoms with van der Waals surface area (Å²) in [6.07, 6.45) is 4.38. The van der Waals surface area contributed by atoms with Crippen LogP contribution in [0.4, 0.5) is 0 Å². The van der Waals surface area contributed by atoms with Crippen LogP contribution in [0.5, 0.6) is 0 Å². The summed E-state index contributed by atoms with van der Waals surface area (Å²) >= 11 is 0. The van der Waals surface area contributed by atoms with E-state index in [1.54, 1.807) is 21.8 Å². The third-order valence-corrected chi connectivity index (χ3v) is 4.53. The molecule has 3 rings (SSSR count). The first-order valence-corrected chi connectivity index (χ1v) is 8.42. The summed E-state index contributed by atoms with van der Waals surface area (Å²) < 4.78 is 7.32. The molecule has 0 spiro atoms. The van der Waals surface area contributed by atoms with Crippen molar-refractivity contribution in [2.24, 2.45) is 0 Å². The molecule has 0 unspecified atom stereocenters. The SMILES string of the molecule is CCn1nccc1C(=O)N1CCO[C@H](C(=O)N2CCCCC2)C1. The molecule has 7 nitrogen and oxygen atoms in total. The molecule has 1 atom stereocenters. The van der Waals surface area contributed by atoms with E-state index in [1.165, 1.54) is 6.42 Å². The molecular formula is C16H24N4O3. The Balaban J connectivity index is 1.65. The van der Waals surface area contributed by atoms with Gasteiger partial charge in [0.1, 0.15) is 5.69 Å². The Morgan fingerprint density at radius 1 is 1.22 bits per heavy atom. The number of ether oxygens (including phenoxy) is 1. The van der Waals surface area contributed by atoms with Gasteiger partial charge in [-0.15, -0.1) is 0 Å². The quantitative estimate of drug-likeness (QED) is 0.824. The van der Waals surface area contributed by atoms with Crippen LogP contribution in [0.15, 0.2) is 12.3 Å². The van der Waals surface area contributed by atoms with Crippen LogP contribution in [0.2, 0.25) is 0 Å². The van der Waals surface area contributed by atoms with Crippen molar-refractivity contribution in [3.63, 3.8) is 0 Å². The summed E-state index contributed by atoms with van der Waals surface area (Å²) in [6.45, 7) is 5.43. The molecule has 0 N–H and O–H groups in total. The van der Waals surface area contributed by atoms with Crippen LogP contribution in [0.1, 0.15) is 36.7 Å². The largest absolute Gasteiger partial charge is 0.365 e. The van der Waals surface area contributed by atoms with Gasteiger partial charge in [-0.25, -0.2) is 0 Å². The van der Waals surface area contributed by atoms with Gasteiger partial charge in [0, 0.05) is 32.4 Å². The van der Waals surface area contributed by atoms with E-state index in [2.05, 4.69) is 5.10 Å². The summed E-state index contributed by atoms with van der Waals surface area (Å²) in [5.74, 6) is -0.0599. The highest BCUT2D eigenvalue weighted by Gasteiger charge is 2.33. The molecule has 1 aromatic heterocycles. The Hall–Kier alpha value is -1.89. The van der Waals surface area contributed by atoms with E-state index in [9.17, 15) is 9.59 Å². The van der Waals surface area contributed by atoms with Gasteiger partial charge in [0.2, 0.25) is 0 Å². The Kier molecular flexibility index (Phi) is 4.95. The van der Waals surface area contributed by atoms with E-state index < -0.39 is 6.10 Å². The van der Waals surface area contributed by atoms with Gasteiger partial charge in [-0.1, -0.05) is 0 Å². The highest BCUT2D eigenvalue weighted by molar-refractivity contribution is 5.93. The van der Waals surface area contributed by atoms with Crippen LogP contribution >= 0.6 is 0 Å². The zero-order valence-corrected chi connectivity index (χ0v) is 13.6. The van der Waals surface area contributed by atoms with Crippen molar-refractivity contribution in [2.75, 3.05) is 32.8 Å². The summed E-state index contributed by atoms with van der Waals surface area (Å²) in [5.41, 5.74) is 0.568. The number of nitrogens with zero attached hydrogens (tertiary/aromatic N) is 4. The van der Waals surface area contributed by atoms with Crippen molar-refractivity contribution in [2.45, 2.75) is 38.8 Å². The second-order valence-electron chi connectivity index (χ2n) is 6.03. The fraction of sp³-hybridized carbons (Fsp3) is 0.688.